The van der Waals surface area contributed by atoms with Crippen molar-refractivity contribution in [2.45, 2.75) is 62.2 Å². The second-order valence-corrected chi connectivity index (χ2v) is 7.19. The molecular weight excluding hydrogens is 271 g/mol. The van der Waals surface area contributed by atoms with E-state index in [1.165, 1.54) is 25.7 Å². The molecule has 0 radical (unpaired) electrons. The van der Waals surface area contributed by atoms with Crippen LogP contribution in [-0.4, -0.2) is 3.92 Å². The van der Waals surface area contributed by atoms with Gasteiger partial charge in [-0.25, -0.2) is 0 Å². The highest BCUT2D eigenvalue weighted by atomic mass is 127. The van der Waals surface area contributed by atoms with Crippen LogP contribution in [0.25, 0.3) is 0 Å². The standard InChI is InChI=1S/C12H21I/c1-10(13)11-4-8-12(9-5-11)6-2-3-7-12/h10-11H,2-9H2,1H3/t10-/m1/s1. The van der Waals surface area contributed by atoms with Gasteiger partial charge in [0, 0.05) is 3.92 Å². The lowest BCUT2D eigenvalue weighted by atomic mass is 9.69. The minimum absolute atomic E-state index is 0.835. The summed E-state index contributed by atoms with van der Waals surface area (Å²) in [4.78, 5) is 0. The van der Waals surface area contributed by atoms with Crippen LogP contribution in [0.2, 0.25) is 0 Å². The molecule has 2 saturated carbocycles. The largest absolute Gasteiger partial charge is 0.0826 e. The molecule has 0 N–H and O–H groups in total. The molecule has 0 nitrogen and oxygen atoms in total. The van der Waals surface area contributed by atoms with Gasteiger partial charge in [0.1, 0.15) is 0 Å². The van der Waals surface area contributed by atoms with E-state index in [0.717, 1.165) is 15.3 Å². The molecule has 0 aromatic carbocycles. The van der Waals surface area contributed by atoms with Crippen LogP contribution < -0.4 is 0 Å². The lowest BCUT2D eigenvalue weighted by Gasteiger charge is -2.38. The van der Waals surface area contributed by atoms with Crippen molar-refractivity contribution < 1.29 is 0 Å². The summed E-state index contributed by atoms with van der Waals surface area (Å²) in [5, 5.41) is 0. The van der Waals surface area contributed by atoms with Crippen molar-refractivity contribution in [1.82, 2.24) is 0 Å². The van der Waals surface area contributed by atoms with Crippen LogP contribution in [0.15, 0.2) is 0 Å². The highest BCUT2D eigenvalue weighted by molar-refractivity contribution is 14.1. The molecule has 0 amide bonds. The number of hydrogen-bond donors (Lipinski definition) is 0. The maximum absolute atomic E-state index is 2.61. The van der Waals surface area contributed by atoms with Crippen LogP contribution in [0.5, 0.6) is 0 Å². The smallest absolute Gasteiger partial charge is 0.0110 e. The van der Waals surface area contributed by atoms with Crippen molar-refractivity contribution in [2.75, 3.05) is 0 Å². The lowest BCUT2D eigenvalue weighted by molar-refractivity contribution is 0.157. The summed E-state index contributed by atoms with van der Waals surface area (Å²) in [6.07, 6.45) is 12.3. The molecule has 0 aromatic rings. The van der Waals surface area contributed by atoms with Crippen molar-refractivity contribution in [3.05, 3.63) is 0 Å². The minimum Gasteiger partial charge on any atom is -0.0826 e. The van der Waals surface area contributed by atoms with E-state index in [4.69, 9.17) is 0 Å². The zero-order valence-corrected chi connectivity index (χ0v) is 10.8. The first-order valence-corrected chi connectivity index (χ1v) is 7.11. The number of halogens is 1. The molecule has 1 heteroatoms. The molecule has 1 spiro atoms. The molecule has 2 rings (SSSR count). The Hall–Kier alpha value is 0.730. The Morgan fingerprint density at radius 3 is 2.08 bits per heavy atom. The Balaban J connectivity index is 1.88. The van der Waals surface area contributed by atoms with E-state index < -0.39 is 0 Å². The van der Waals surface area contributed by atoms with E-state index >= 15 is 0 Å². The highest BCUT2D eigenvalue weighted by Crippen LogP contribution is 2.51. The van der Waals surface area contributed by atoms with Gasteiger partial charge >= 0.3 is 0 Å². The first-order chi connectivity index (χ1) is 6.22. The summed E-state index contributed by atoms with van der Waals surface area (Å²) in [7, 11) is 0. The van der Waals surface area contributed by atoms with Gasteiger partial charge in [-0.05, 0) is 49.9 Å². The predicted molar refractivity (Wildman–Crippen MR) is 66.3 cm³/mol. The molecule has 1 atom stereocenters. The van der Waals surface area contributed by atoms with Gasteiger partial charge in [-0.2, -0.15) is 0 Å². The van der Waals surface area contributed by atoms with Crippen molar-refractivity contribution in [2.24, 2.45) is 11.3 Å². The molecular formula is C12H21I. The van der Waals surface area contributed by atoms with Crippen molar-refractivity contribution in [1.29, 1.82) is 0 Å². The minimum atomic E-state index is 0.835. The Morgan fingerprint density at radius 1 is 1.08 bits per heavy atom. The molecule has 2 fully saturated rings. The summed E-state index contributed by atoms with van der Waals surface area (Å²) < 4.78 is 0.899. The summed E-state index contributed by atoms with van der Waals surface area (Å²) in [6.45, 7) is 2.39. The first-order valence-electron chi connectivity index (χ1n) is 5.86. The monoisotopic (exact) mass is 292 g/mol. The van der Waals surface area contributed by atoms with Gasteiger partial charge in [0.15, 0.2) is 0 Å². The topological polar surface area (TPSA) is 0 Å². The van der Waals surface area contributed by atoms with Gasteiger partial charge in [0.05, 0.1) is 0 Å². The Kier molecular flexibility index (Phi) is 3.22. The molecule has 2 aliphatic rings. The van der Waals surface area contributed by atoms with Gasteiger partial charge in [-0.1, -0.05) is 42.4 Å². The zero-order chi connectivity index (χ0) is 9.31. The average Bonchev–Trinajstić information content (AvgIpc) is 2.54. The van der Waals surface area contributed by atoms with Crippen molar-refractivity contribution >= 4 is 22.6 Å². The average molecular weight is 292 g/mol. The number of alkyl halides is 1. The summed E-state index contributed by atoms with van der Waals surface area (Å²) in [6, 6.07) is 0. The fourth-order valence-corrected chi connectivity index (χ4v) is 4.06. The van der Waals surface area contributed by atoms with Crippen LogP contribution >= 0.6 is 22.6 Å². The van der Waals surface area contributed by atoms with E-state index in [9.17, 15) is 0 Å². The van der Waals surface area contributed by atoms with E-state index in [1.54, 1.807) is 25.7 Å². The number of rotatable bonds is 1. The summed E-state index contributed by atoms with van der Waals surface area (Å²) in [5.41, 5.74) is 0.835. The molecule has 0 aromatic heterocycles. The maximum atomic E-state index is 2.61. The van der Waals surface area contributed by atoms with Gasteiger partial charge in [-0.15, -0.1) is 0 Å². The molecule has 0 heterocycles. The number of hydrogen-bond acceptors (Lipinski definition) is 0. The Bertz CT molecular complexity index is 158. The van der Waals surface area contributed by atoms with E-state index in [-0.39, 0.29) is 0 Å². The third-order valence-electron chi connectivity index (χ3n) is 4.40. The fourth-order valence-electron chi connectivity index (χ4n) is 3.34. The maximum Gasteiger partial charge on any atom is 0.0110 e. The van der Waals surface area contributed by atoms with Gasteiger partial charge in [0.2, 0.25) is 0 Å². The molecule has 2 aliphatic carbocycles. The fraction of sp³-hybridized carbons (Fsp3) is 1.00. The first kappa shape index (κ1) is 10.3. The van der Waals surface area contributed by atoms with E-state index in [2.05, 4.69) is 29.5 Å². The highest BCUT2D eigenvalue weighted by Gasteiger charge is 2.38. The zero-order valence-electron chi connectivity index (χ0n) is 8.69. The molecule has 0 bridgehead atoms. The summed E-state index contributed by atoms with van der Waals surface area (Å²) >= 11 is 2.61. The van der Waals surface area contributed by atoms with Gasteiger partial charge in [0.25, 0.3) is 0 Å². The van der Waals surface area contributed by atoms with Gasteiger partial charge < -0.3 is 0 Å². The van der Waals surface area contributed by atoms with Crippen LogP contribution in [-0.2, 0) is 0 Å². The van der Waals surface area contributed by atoms with Crippen molar-refractivity contribution in [3.8, 4) is 0 Å². The van der Waals surface area contributed by atoms with Crippen LogP contribution in [0.3, 0.4) is 0 Å². The van der Waals surface area contributed by atoms with Crippen LogP contribution in [0.1, 0.15) is 58.3 Å². The molecule has 0 saturated heterocycles. The summed E-state index contributed by atoms with van der Waals surface area (Å²) in [5.74, 6) is 1.03. The SMILES string of the molecule is C[C@@H](I)C1CCC2(CCCC2)CC1. The van der Waals surface area contributed by atoms with Crippen LogP contribution in [0, 0.1) is 11.3 Å². The van der Waals surface area contributed by atoms with Gasteiger partial charge in [-0.3, -0.25) is 0 Å². The Morgan fingerprint density at radius 2 is 1.62 bits per heavy atom. The molecule has 0 aliphatic heterocycles. The van der Waals surface area contributed by atoms with Crippen LogP contribution in [0.4, 0.5) is 0 Å². The van der Waals surface area contributed by atoms with E-state index in [0.29, 0.717) is 0 Å². The molecule has 13 heavy (non-hydrogen) atoms. The Labute approximate surface area is 96.0 Å². The molecule has 76 valence electrons. The second-order valence-electron chi connectivity index (χ2n) is 5.22. The normalized spacial score (nSPS) is 30.9. The second kappa shape index (κ2) is 4.08. The molecule has 0 unspecified atom stereocenters. The third kappa shape index (κ3) is 2.21. The van der Waals surface area contributed by atoms with E-state index in [1.807, 2.05) is 0 Å². The lowest BCUT2D eigenvalue weighted by Crippen LogP contribution is -2.27. The predicted octanol–water partition coefficient (Wildman–Crippen LogP) is 4.56. The van der Waals surface area contributed by atoms with Crippen molar-refractivity contribution in [3.63, 3.8) is 0 Å². The quantitative estimate of drug-likeness (QED) is 0.491. The third-order valence-corrected chi connectivity index (χ3v) is 5.42.